The Labute approximate surface area is 232 Å². The van der Waals surface area contributed by atoms with Crippen molar-refractivity contribution in [3.63, 3.8) is 0 Å². The van der Waals surface area contributed by atoms with Crippen molar-refractivity contribution in [3.05, 3.63) is 71.1 Å². The Bertz CT molecular complexity index is 1150. The Morgan fingerprint density at radius 1 is 1.29 bits per heavy atom. The second-order valence-corrected chi connectivity index (χ2v) is 12.6. The molecule has 7 nitrogen and oxygen atoms in total. The van der Waals surface area contributed by atoms with Crippen molar-refractivity contribution in [2.24, 2.45) is 17.0 Å². The Hall–Kier alpha value is -2.68. The number of carboxylic acids is 1. The second-order valence-electron chi connectivity index (χ2n) is 11.4. The van der Waals surface area contributed by atoms with E-state index in [1.54, 1.807) is 37.0 Å². The third kappa shape index (κ3) is 7.68. The van der Waals surface area contributed by atoms with Gasteiger partial charge in [0.15, 0.2) is 0 Å². The molecule has 0 aliphatic carbocycles. The lowest BCUT2D eigenvalue weighted by atomic mass is 9.72. The summed E-state index contributed by atoms with van der Waals surface area (Å²) in [6.45, 7) is 14.2. The number of hydrogen-bond donors (Lipinski definition) is 3. The summed E-state index contributed by atoms with van der Waals surface area (Å²) in [4.78, 5) is 13.4. The zero-order valence-corrected chi connectivity index (χ0v) is 24.5. The first-order chi connectivity index (χ1) is 17.8. The van der Waals surface area contributed by atoms with E-state index in [4.69, 9.17) is 16.3 Å². The van der Waals surface area contributed by atoms with Crippen LogP contribution >= 0.6 is 11.9 Å². The monoisotopic (exact) mass is 540 g/mol. The molecule has 208 valence electrons. The van der Waals surface area contributed by atoms with Crippen LogP contribution < -0.4 is 16.3 Å². The summed E-state index contributed by atoms with van der Waals surface area (Å²) in [7, 11) is 0. The number of para-hydroxylation sites is 1. The Morgan fingerprint density at radius 2 is 2.00 bits per heavy atom. The molecule has 0 saturated carbocycles. The van der Waals surface area contributed by atoms with Gasteiger partial charge >= 0.3 is 5.97 Å². The molecule has 2 aromatic rings. The van der Waals surface area contributed by atoms with Gasteiger partial charge in [0, 0.05) is 31.5 Å². The van der Waals surface area contributed by atoms with Crippen LogP contribution in [-0.2, 0) is 11.3 Å². The molecule has 0 fully saturated rings. The Kier molecular flexibility index (Phi) is 9.79. The number of rotatable bonds is 11. The number of carboxylic acid groups (broad SMARTS) is 1. The molecule has 1 aliphatic rings. The summed E-state index contributed by atoms with van der Waals surface area (Å²) >= 11 is 1.71. The van der Waals surface area contributed by atoms with Gasteiger partial charge in [-0.05, 0) is 101 Å². The minimum Gasteiger partial charge on any atom is -0.485 e. The van der Waals surface area contributed by atoms with Crippen LogP contribution in [0.1, 0.15) is 76.5 Å². The smallest absolute Gasteiger partial charge is 0.309 e. The quantitative estimate of drug-likeness (QED) is 0.180. The number of fused-ring (bicyclic) bond motifs is 1. The third-order valence-corrected chi connectivity index (χ3v) is 8.15. The van der Waals surface area contributed by atoms with Crippen molar-refractivity contribution in [1.82, 2.24) is 9.31 Å². The van der Waals surface area contributed by atoms with Crippen molar-refractivity contribution in [3.8, 4) is 5.75 Å². The molecule has 1 aliphatic heterocycles. The molecule has 38 heavy (non-hydrogen) atoms. The fourth-order valence-electron chi connectivity index (χ4n) is 4.90. The van der Waals surface area contributed by atoms with E-state index in [2.05, 4.69) is 56.3 Å². The average molecular weight is 541 g/mol. The molecule has 0 aromatic heterocycles. The number of ether oxygens (including phenoxy) is 1. The first-order valence-corrected chi connectivity index (χ1v) is 14.1. The number of nitrogens with two attached hydrogens (primary N) is 2. The summed E-state index contributed by atoms with van der Waals surface area (Å²) in [5.41, 5.74) is 8.98. The second kappa shape index (κ2) is 12.5. The summed E-state index contributed by atoms with van der Waals surface area (Å²) in [5, 5.41) is 11.7. The largest absolute Gasteiger partial charge is 0.485 e. The highest BCUT2D eigenvalue weighted by Crippen LogP contribution is 2.42. The van der Waals surface area contributed by atoms with Crippen LogP contribution in [0.4, 0.5) is 0 Å². The summed E-state index contributed by atoms with van der Waals surface area (Å²) in [6.07, 6.45) is 3.85. The average Bonchev–Trinajstić information content (AvgIpc) is 2.94. The molecule has 8 heteroatoms. The van der Waals surface area contributed by atoms with E-state index < -0.39 is 11.4 Å². The first kappa shape index (κ1) is 29.9. The fraction of sp³-hybridized carbons (Fsp3) is 0.500. The van der Waals surface area contributed by atoms with Crippen molar-refractivity contribution < 1.29 is 14.6 Å². The number of allylic oxidation sites excluding steroid dienone is 1. The minimum atomic E-state index is -0.968. The number of carbonyl (C=O) groups is 1. The van der Waals surface area contributed by atoms with Gasteiger partial charge in [-0.15, -0.1) is 0 Å². The lowest BCUT2D eigenvalue weighted by Gasteiger charge is -2.32. The number of hydrogen-bond acceptors (Lipinski definition) is 7. The highest BCUT2D eigenvalue weighted by molar-refractivity contribution is 7.97. The number of aryl methyl sites for hydroxylation is 1. The predicted octanol–water partition coefficient (Wildman–Crippen LogP) is 6.04. The summed E-state index contributed by atoms with van der Waals surface area (Å²) in [5.74, 6) is 5.85. The maximum atomic E-state index is 12.3. The number of nitrogens with zero attached hydrogens (tertiary/aromatic N) is 2. The predicted molar refractivity (Wildman–Crippen MR) is 155 cm³/mol. The van der Waals surface area contributed by atoms with E-state index >= 15 is 0 Å². The zero-order valence-electron chi connectivity index (χ0n) is 23.7. The molecule has 1 atom stereocenters. The molecule has 5 N–H and O–H groups in total. The van der Waals surface area contributed by atoms with Crippen LogP contribution in [0.2, 0.25) is 0 Å². The van der Waals surface area contributed by atoms with E-state index in [9.17, 15) is 9.90 Å². The van der Waals surface area contributed by atoms with Crippen LogP contribution in [0, 0.1) is 12.3 Å². The third-order valence-electron chi connectivity index (χ3n) is 7.10. The van der Waals surface area contributed by atoms with Gasteiger partial charge in [0.05, 0.1) is 10.3 Å². The molecule has 2 aromatic carbocycles. The molecule has 0 bridgehead atoms. The van der Waals surface area contributed by atoms with Crippen LogP contribution in [0.25, 0.3) is 0 Å². The van der Waals surface area contributed by atoms with Crippen LogP contribution in [0.5, 0.6) is 5.75 Å². The van der Waals surface area contributed by atoms with Gasteiger partial charge in [-0.2, -0.15) is 0 Å². The maximum Gasteiger partial charge on any atom is 0.309 e. The SMILES string of the molecule is CCCN(N)/C=C(\N)CCC(c1ccc(C)c(CN2CC(C)(C)Oc3ccccc3S2)c1)C(C)(C)C(=O)O. The van der Waals surface area contributed by atoms with E-state index in [-0.39, 0.29) is 11.5 Å². The highest BCUT2D eigenvalue weighted by atomic mass is 32.2. The van der Waals surface area contributed by atoms with Gasteiger partial charge in [0.2, 0.25) is 0 Å². The van der Waals surface area contributed by atoms with E-state index in [0.29, 0.717) is 31.6 Å². The molecule has 0 radical (unpaired) electrons. The summed E-state index contributed by atoms with van der Waals surface area (Å²) in [6, 6.07) is 14.5. The van der Waals surface area contributed by atoms with Gasteiger partial charge in [0.1, 0.15) is 11.4 Å². The Morgan fingerprint density at radius 3 is 2.68 bits per heavy atom. The molecule has 1 heterocycles. The van der Waals surface area contributed by atoms with Crippen molar-refractivity contribution in [2.45, 2.75) is 83.8 Å². The Balaban J connectivity index is 1.89. The number of aliphatic carboxylic acids is 1. The number of benzene rings is 2. The van der Waals surface area contributed by atoms with E-state index in [1.807, 2.05) is 18.2 Å². The van der Waals surface area contributed by atoms with Gasteiger partial charge in [-0.1, -0.05) is 37.3 Å². The molecule has 0 amide bonds. The van der Waals surface area contributed by atoms with Gasteiger partial charge in [0.25, 0.3) is 0 Å². The van der Waals surface area contributed by atoms with Gasteiger partial charge in [-0.25, -0.2) is 10.1 Å². The fourth-order valence-corrected chi connectivity index (χ4v) is 6.09. The molecular weight excluding hydrogens is 496 g/mol. The van der Waals surface area contributed by atoms with E-state index in [0.717, 1.165) is 29.2 Å². The van der Waals surface area contributed by atoms with Crippen molar-refractivity contribution in [1.29, 1.82) is 0 Å². The topological polar surface area (TPSA) is 105 Å². The normalized spacial score (nSPS) is 16.8. The van der Waals surface area contributed by atoms with Gasteiger partial charge < -0.3 is 20.6 Å². The molecular formula is C30H44N4O3S. The first-order valence-electron chi connectivity index (χ1n) is 13.3. The number of hydrazine groups is 1. The zero-order chi connectivity index (χ0) is 28.1. The minimum absolute atomic E-state index is 0.221. The lowest BCUT2D eigenvalue weighted by Crippen LogP contribution is -2.38. The molecule has 0 spiro atoms. The molecule has 1 unspecified atom stereocenters. The van der Waals surface area contributed by atoms with Crippen LogP contribution in [0.3, 0.4) is 0 Å². The van der Waals surface area contributed by atoms with Crippen LogP contribution in [-0.4, -0.2) is 39.1 Å². The van der Waals surface area contributed by atoms with E-state index in [1.165, 1.54) is 11.1 Å². The van der Waals surface area contributed by atoms with Gasteiger partial charge in [-0.3, -0.25) is 4.79 Å². The molecule has 3 rings (SSSR count). The summed E-state index contributed by atoms with van der Waals surface area (Å²) < 4.78 is 8.65. The maximum absolute atomic E-state index is 12.3. The lowest BCUT2D eigenvalue weighted by molar-refractivity contribution is -0.148. The standard InChI is InChI=1S/C30H44N4O3S/c1-7-16-33(32)19-24(31)14-15-25(30(5,6)28(35)36)22-13-12-21(2)23(17-22)18-34-20-29(3,4)37-26-10-8-9-11-27(26)38-34/h8-13,17,19,25H,7,14-16,18,20,31-32H2,1-6H3,(H,35,36)/b24-19-. The highest BCUT2D eigenvalue weighted by Gasteiger charge is 2.38. The van der Waals surface area contributed by atoms with Crippen LogP contribution in [0.15, 0.2) is 59.3 Å². The van der Waals surface area contributed by atoms with Crippen molar-refractivity contribution >= 4 is 17.9 Å². The molecule has 0 saturated heterocycles. The van der Waals surface area contributed by atoms with Crippen molar-refractivity contribution in [2.75, 3.05) is 13.1 Å².